The molecule has 3 heteroatoms. The van der Waals surface area contributed by atoms with Crippen LogP contribution in [0.15, 0.2) is 6.07 Å². The van der Waals surface area contributed by atoms with Gasteiger partial charge in [-0.1, -0.05) is 19.4 Å². The van der Waals surface area contributed by atoms with Crippen LogP contribution in [0.1, 0.15) is 21.5 Å². The van der Waals surface area contributed by atoms with Crippen molar-refractivity contribution in [1.82, 2.24) is 0 Å². The third-order valence-electron chi connectivity index (χ3n) is 1.64. The van der Waals surface area contributed by atoms with Gasteiger partial charge in [0.1, 0.15) is 0 Å². The fourth-order valence-electron chi connectivity index (χ4n) is 0.826. The number of halogens is 1. The first-order valence-electron chi connectivity index (χ1n) is 3.29. The van der Waals surface area contributed by atoms with E-state index in [-0.39, 0.29) is 38.3 Å². The molecule has 1 aromatic carbocycles. The monoisotopic (exact) mass is 240 g/mol. The molecular formula is C9H8FOY-. The summed E-state index contributed by atoms with van der Waals surface area (Å²) in [5.74, 6) is -0.567. The SMILES string of the molecule is Cc1[c-]c(F)c(C=O)cc1C.[Y]. The average molecular weight is 240 g/mol. The number of hydrogen-bond acceptors (Lipinski definition) is 1. The van der Waals surface area contributed by atoms with E-state index in [0.29, 0.717) is 6.29 Å². The Kier molecular flexibility index (Phi) is 4.80. The van der Waals surface area contributed by atoms with Crippen molar-refractivity contribution >= 4 is 6.29 Å². The molecule has 0 saturated carbocycles. The van der Waals surface area contributed by atoms with E-state index in [1.807, 2.05) is 6.92 Å². The van der Waals surface area contributed by atoms with Crippen LogP contribution in [0.2, 0.25) is 0 Å². The van der Waals surface area contributed by atoms with Gasteiger partial charge in [-0.3, -0.25) is 0 Å². The second kappa shape index (κ2) is 4.83. The van der Waals surface area contributed by atoms with Crippen LogP contribution in [0.4, 0.5) is 4.39 Å². The fraction of sp³-hybridized carbons (Fsp3) is 0.222. The van der Waals surface area contributed by atoms with E-state index >= 15 is 0 Å². The molecule has 0 spiro atoms. The Bertz CT molecular complexity index is 297. The minimum Gasteiger partial charge on any atom is -0.312 e. The van der Waals surface area contributed by atoms with Crippen molar-refractivity contribution in [2.45, 2.75) is 13.8 Å². The van der Waals surface area contributed by atoms with E-state index in [0.717, 1.165) is 11.1 Å². The van der Waals surface area contributed by atoms with Crippen LogP contribution in [0.3, 0.4) is 0 Å². The minimum atomic E-state index is -0.567. The number of aldehydes is 1. The van der Waals surface area contributed by atoms with Crippen molar-refractivity contribution in [2.24, 2.45) is 0 Å². The van der Waals surface area contributed by atoms with Gasteiger partial charge in [-0.05, 0) is 0 Å². The molecule has 12 heavy (non-hydrogen) atoms. The predicted molar refractivity (Wildman–Crippen MR) is 40.1 cm³/mol. The van der Waals surface area contributed by atoms with Crippen LogP contribution >= 0.6 is 0 Å². The maximum absolute atomic E-state index is 12.7. The molecule has 0 fully saturated rings. The van der Waals surface area contributed by atoms with Gasteiger partial charge in [0.2, 0.25) is 0 Å². The topological polar surface area (TPSA) is 17.1 Å². The van der Waals surface area contributed by atoms with E-state index in [2.05, 4.69) is 6.07 Å². The first kappa shape index (κ1) is 11.9. The molecule has 1 aromatic rings. The van der Waals surface area contributed by atoms with Crippen LogP contribution in [0, 0.1) is 25.7 Å². The maximum atomic E-state index is 12.7. The third kappa shape index (κ3) is 2.46. The molecule has 0 heterocycles. The van der Waals surface area contributed by atoms with Gasteiger partial charge in [0, 0.05) is 38.5 Å². The molecule has 0 aromatic heterocycles. The molecule has 0 aliphatic rings. The van der Waals surface area contributed by atoms with Crippen LogP contribution in [0.25, 0.3) is 0 Å². The van der Waals surface area contributed by atoms with Crippen LogP contribution in [0.5, 0.6) is 0 Å². The van der Waals surface area contributed by atoms with Gasteiger partial charge >= 0.3 is 0 Å². The van der Waals surface area contributed by atoms with Crippen molar-refractivity contribution < 1.29 is 41.9 Å². The average Bonchev–Trinajstić information content (AvgIpc) is 1.97. The van der Waals surface area contributed by atoms with Crippen LogP contribution < -0.4 is 0 Å². The smallest absolute Gasteiger partial charge is 0.0977 e. The summed E-state index contributed by atoms with van der Waals surface area (Å²) in [4.78, 5) is 10.2. The van der Waals surface area contributed by atoms with E-state index in [4.69, 9.17) is 0 Å². The normalized spacial score (nSPS) is 8.92. The van der Waals surface area contributed by atoms with Gasteiger partial charge < -0.3 is 4.79 Å². The van der Waals surface area contributed by atoms with Crippen molar-refractivity contribution in [3.05, 3.63) is 34.6 Å². The fourth-order valence-corrected chi connectivity index (χ4v) is 0.826. The number of aryl methyl sites for hydroxylation is 2. The Labute approximate surface area is 96.2 Å². The molecule has 1 radical (unpaired) electrons. The molecule has 1 rings (SSSR count). The van der Waals surface area contributed by atoms with Crippen molar-refractivity contribution in [3.63, 3.8) is 0 Å². The van der Waals surface area contributed by atoms with Crippen LogP contribution in [-0.2, 0) is 32.7 Å². The van der Waals surface area contributed by atoms with E-state index < -0.39 is 5.82 Å². The number of benzene rings is 1. The first-order chi connectivity index (χ1) is 5.15. The van der Waals surface area contributed by atoms with E-state index in [9.17, 15) is 9.18 Å². The standard InChI is InChI=1S/C9H8FO.Y/c1-6-3-8(5-11)9(10)4-7(6)2;/h3,5H,1-2H3;/q-1;. The Morgan fingerprint density at radius 3 is 2.58 bits per heavy atom. The summed E-state index contributed by atoms with van der Waals surface area (Å²) in [6, 6.07) is 3.98. The molecule has 0 aliphatic heterocycles. The Hall–Kier alpha value is -0.0761. The summed E-state index contributed by atoms with van der Waals surface area (Å²) in [6.07, 6.45) is 0.498. The molecule has 61 valence electrons. The molecule has 0 saturated heterocycles. The summed E-state index contributed by atoms with van der Waals surface area (Å²) in [5, 5.41) is 0. The van der Waals surface area contributed by atoms with E-state index in [1.54, 1.807) is 6.92 Å². The van der Waals surface area contributed by atoms with Crippen LogP contribution in [-0.4, -0.2) is 6.29 Å². The second-order valence-corrected chi connectivity index (χ2v) is 2.46. The third-order valence-corrected chi connectivity index (χ3v) is 1.64. The maximum Gasteiger partial charge on any atom is 0.0977 e. The predicted octanol–water partition coefficient (Wildman–Crippen LogP) is 2.05. The summed E-state index contributed by atoms with van der Waals surface area (Å²) in [5.41, 5.74) is 1.70. The van der Waals surface area contributed by atoms with Gasteiger partial charge in [0.25, 0.3) is 0 Å². The number of hydrogen-bond donors (Lipinski definition) is 0. The van der Waals surface area contributed by atoms with Gasteiger partial charge in [-0.15, -0.1) is 6.07 Å². The van der Waals surface area contributed by atoms with Gasteiger partial charge in [0.05, 0.1) is 6.29 Å². The zero-order valence-corrected chi connectivity index (χ0v) is 9.86. The van der Waals surface area contributed by atoms with Crippen molar-refractivity contribution in [3.8, 4) is 0 Å². The minimum absolute atomic E-state index is 0. The molecule has 0 unspecified atom stereocenters. The van der Waals surface area contributed by atoms with Gasteiger partial charge in [0.15, 0.2) is 0 Å². The quantitative estimate of drug-likeness (QED) is 0.542. The summed E-state index contributed by atoms with van der Waals surface area (Å²) in [7, 11) is 0. The molecule has 0 amide bonds. The Balaban J connectivity index is 0.00000121. The van der Waals surface area contributed by atoms with Gasteiger partial charge in [-0.2, -0.15) is 17.2 Å². The number of carbonyl (C=O) groups excluding carboxylic acids is 1. The first-order valence-corrected chi connectivity index (χ1v) is 3.29. The zero-order chi connectivity index (χ0) is 8.43. The van der Waals surface area contributed by atoms with Crippen molar-refractivity contribution in [2.75, 3.05) is 0 Å². The van der Waals surface area contributed by atoms with Gasteiger partial charge in [-0.25, -0.2) is 4.39 Å². The number of rotatable bonds is 1. The number of carbonyl (C=O) groups is 1. The second-order valence-electron chi connectivity index (χ2n) is 2.46. The molecule has 0 bridgehead atoms. The Morgan fingerprint density at radius 2 is 2.08 bits per heavy atom. The molecule has 0 N–H and O–H groups in total. The Morgan fingerprint density at radius 1 is 1.50 bits per heavy atom. The summed E-state index contributed by atoms with van der Waals surface area (Å²) < 4.78 is 12.7. The molecular weight excluding hydrogens is 232 g/mol. The molecule has 0 atom stereocenters. The van der Waals surface area contributed by atoms with Crippen molar-refractivity contribution in [1.29, 1.82) is 0 Å². The molecule has 0 aliphatic carbocycles. The largest absolute Gasteiger partial charge is 0.312 e. The molecule has 1 nitrogen and oxygen atoms in total. The van der Waals surface area contributed by atoms with E-state index in [1.165, 1.54) is 6.07 Å². The zero-order valence-electron chi connectivity index (χ0n) is 7.02. The summed E-state index contributed by atoms with van der Waals surface area (Å²) >= 11 is 0. The summed E-state index contributed by atoms with van der Waals surface area (Å²) in [6.45, 7) is 3.57.